The van der Waals surface area contributed by atoms with Gasteiger partial charge in [-0.3, -0.25) is 0 Å². The molecule has 8 aromatic rings. The Morgan fingerprint density at radius 1 is 0.655 bits per heavy atom. The number of thiophene rings is 1. The number of benzene rings is 7. The van der Waals surface area contributed by atoms with E-state index in [0.717, 1.165) is 6.42 Å². The highest BCUT2D eigenvalue weighted by atomic mass is 32.1. The monoisotopic (exact) mass is 726 g/mol. The number of rotatable bonds is 3. The van der Waals surface area contributed by atoms with Gasteiger partial charge in [-0.2, -0.15) is 0 Å². The SMILES string of the molecule is Cc1cc(-c2c(Nc3cc4c(cc3C)C(C)(C)CCC4(C)C)ccc3c2sc2ccccc23)c2c(c1)C1Cc3cc4ccccc4cc3-c3cccc(c31)[B]2. The smallest absolute Gasteiger partial charge is 0.193 e. The van der Waals surface area contributed by atoms with Crippen LogP contribution in [0.4, 0.5) is 11.4 Å². The van der Waals surface area contributed by atoms with Crippen LogP contribution < -0.4 is 16.2 Å². The summed E-state index contributed by atoms with van der Waals surface area (Å²) in [4.78, 5) is 0. The lowest BCUT2D eigenvalue weighted by molar-refractivity contribution is 0.332. The molecule has 0 saturated carbocycles. The molecule has 1 unspecified atom stereocenters. The molecule has 0 bridgehead atoms. The largest absolute Gasteiger partial charge is 0.355 e. The minimum Gasteiger partial charge on any atom is -0.355 e. The first-order chi connectivity index (χ1) is 26.5. The van der Waals surface area contributed by atoms with E-state index in [0.29, 0.717) is 5.92 Å². The molecule has 2 aliphatic carbocycles. The molecular formula is C52H45BNS. The third-order valence-corrected chi connectivity index (χ3v) is 14.7. The Morgan fingerprint density at radius 3 is 2.22 bits per heavy atom. The van der Waals surface area contributed by atoms with Crippen LogP contribution >= 0.6 is 11.3 Å². The Balaban J connectivity index is 1.13. The van der Waals surface area contributed by atoms with Crippen molar-refractivity contribution in [2.45, 2.75) is 77.6 Å². The number of fused-ring (bicyclic) bond motifs is 9. The van der Waals surface area contributed by atoms with E-state index in [9.17, 15) is 0 Å². The zero-order valence-corrected chi connectivity index (χ0v) is 33.5. The van der Waals surface area contributed by atoms with Gasteiger partial charge in [0, 0.05) is 43.0 Å². The van der Waals surface area contributed by atoms with Gasteiger partial charge in [0.05, 0.1) is 0 Å². The van der Waals surface area contributed by atoms with Gasteiger partial charge in [0.25, 0.3) is 0 Å². The minimum atomic E-state index is 0.134. The van der Waals surface area contributed by atoms with Gasteiger partial charge in [-0.15, -0.1) is 11.3 Å². The standard InChI is InChI=1S/C52H45BNS/c1-29-22-39-38-27-33-25-31-12-7-8-13-32(31)26-37(33)35-15-11-16-43(47(35)38)53-49(39)40(23-29)48-44(19-18-36-34-14-9-10-17-46(34)55-50(36)48)54-45-28-42-41(24-30(45)2)51(3,4)20-21-52(42,5)6/h7-19,22-26,28,38,54H,20-21,27H2,1-6H3. The topological polar surface area (TPSA) is 12.0 Å². The summed E-state index contributed by atoms with van der Waals surface area (Å²) < 4.78 is 2.69. The van der Waals surface area contributed by atoms with Gasteiger partial charge in [-0.05, 0) is 129 Å². The molecule has 1 radical (unpaired) electrons. The van der Waals surface area contributed by atoms with E-state index in [1.165, 1.54) is 127 Å². The molecule has 1 atom stereocenters. The first kappa shape index (κ1) is 33.2. The Labute approximate surface area is 329 Å². The molecule has 1 nitrogen and oxygen atoms in total. The summed E-state index contributed by atoms with van der Waals surface area (Å²) in [6.45, 7) is 14.3. The van der Waals surface area contributed by atoms with Crippen molar-refractivity contribution < 1.29 is 0 Å². The fourth-order valence-electron chi connectivity index (χ4n) is 10.4. The van der Waals surface area contributed by atoms with Crippen LogP contribution in [-0.2, 0) is 17.3 Å². The van der Waals surface area contributed by atoms with Gasteiger partial charge in [0.15, 0.2) is 7.28 Å². The summed E-state index contributed by atoms with van der Waals surface area (Å²) >= 11 is 1.93. The van der Waals surface area contributed by atoms with Crippen molar-refractivity contribution in [2.24, 2.45) is 0 Å². The molecule has 0 saturated heterocycles. The van der Waals surface area contributed by atoms with Crippen LogP contribution in [0, 0.1) is 13.8 Å². The highest BCUT2D eigenvalue weighted by molar-refractivity contribution is 7.26. The number of anilines is 2. The van der Waals surface area contributed by atoms with Gasteiger partial charge < -0.3 is 5.32 Å². The summed E-state index contributed by atoms with van der Waals surface area (Å²) in [7, 11) is 2.51. The molecule has 1 aliphatic heterocycles. The van der Waals surface area contributed by atoms with Crippen LogP contribution in [0.25, 0.3) is 53.2 Å². The predicted molar refractivity (Wildman–Crippen MR) is 239 cm³/mol. The molecule has 1 N–H and O–H groups in total. The highest BCUT2D eigenvalue weighted by Crippen LogP contribution is 2.50. The number of hydrogen-bond donors (Lipinski definition) is 1. The molecule has 0 spiro atoms. The fraction of sp³-hybridized carbons (Fsp3) is 0.231. The van der Waals surface area contributed by atoms with Crippen molar-refractivity contribution in [2.75, 3.05) is 5.32 Å². The third-order valence-electron chi connectivity index (χ3n) is 13.5. The number of aryl methyl sites for hydroxylation is 2. The van der Waals surface area contributed by atoms with Crippen molar-refractivity contribution >= 4 is 71.9 Å². The van der Waals surface area contributed by atoms with Crippen LogP contribution in [-0.4, -0.2) is 7.28 Å². The average molecular weight is 727 g/mol. The Bertz CT molecular complexity index is 2940. The lowest BCUT2D eigenvalue weighted by atomic mass is 9.50. The van der Waals surface area contributed by atoms with E-state index < -0.39 is 0 Å². The van der Waals surface area contributed by atoms with Crippen molar-refractivity contribution in [1.82, 2.24) is 0 Å². The zero-order chi connectivity index (χ0) is 37.4. The lowest BCUT2D eigenvalue weighted by Crippen LogP contribution is -2.42. The van der Waals surface area contributed by atoms with Crippen LogP contribution in [0.3, 0.4) is 0 Å². The normalized spacial score (nSPS) is 17.3. The molecule has 267 valence electrons. The number of nitrogens with one attached hydrogen (secondary N) is 1. The quantitative estimate of drug-likeness (QED) is 0.179. The molecule has 3 heteroatoms. The van der Waals surface area contributed by atoms with Crippen molar-refractivity contribution in [3.05, 3.63) is 154 Å². The first-order valence-corrected chi connectivity index (χ1v) is 20.9. The average Bonchev–Trinajstić information content (AvgIpc) is 3.55. The minimum absolute atomic E-state index is 0.134. The summed E-state index contributed by atoms with van der Waals surface area (Å²) in [5, 5.41) is 9.41. The molecule has 7 aromatic carbocycles. The van der Waals surface area contributed by atoms with E-state index in [1.807, 2.05) is 11.3 Å². The summed E-state index contributed by atoms with van der Waals surface area (Å²) in [5.74, 6) is 0.296. The maximum Gasteiger partial charge on any atom is 0.193 e. The van der Waals surface area contributed by atoms with E-state index in [-0.39, 0.29) is 10.8 Å². The molecule has 11 rings (SSSR count). The Morgan fingerprint density at radius 2 is 1.40 bits per heavy atom. The second-order valence-corrected chi connectivity index (χ2v) is 19.0. The van der Waals surface area contributed by atoms with Crippen LogP contribution in [0.1, 0.15) is 85.4 Å². The lowest BCUT2D eigenvalue weighted by Gasteiger charge is -2.42. The fourth-order valence-corrected chi connectivity index (χ4v) is 11.7. The van der Waals surface area contributed by atoms with Gasteiger partial charge >= 0.3 is 0 Å². The first-order valence-electron chi connectivity index (χ1n) is 20.1. The van der Waals surface area contributed by atoms with Crippen molar-refractivity contribution in [1.29, 1.82) is 0 Å². The Kier molecular flexibility index (Phi) is 7.07. The second kappa shape index (κ2) is 11.7. The molecule has 0 fully saturated rings. The predicted octanol–water partition coefficient (Wildman–Crippen LogP) is 12.9. The van der Waals surface area contributed by atoms with E-state index >= 15 is 0 Å². The maximum absolute atomic E-state index is 4.10. The van der Waals surface area contributed by atoms with Crippen LogP contribution in [0.15, 0.2) is 115 Å². The summed E-state index contributed by atoms with van der Waals surface area (Å²) in [6, 6.07) is 44.3. The molecule has 1 aromatic heterocycles. The van der Waals surface area contributed by atoms with E-state index in [1.54, 1.807) is 0 Å². The van der Waals surface area contributed by atoms with Gasteiger partial charge in [-0.1, -0.05) is 135 Å². The molecule has 3 aliphatic rings. The van der Waals surface area contributed by atoms with E-state index in [4.69, 9.17) is 0 Å². The number of hydrogen-bond acceptors (Lipinski definition) is 2. The summed E-state index contributed by atoms with van der Waals surface area (Å²) in [6.07, 6.45) is 3.42. The molecule has 2 heterocycles. The van der Waals surface area contributed by atoms with Gasteiger partial charge in [0.2, 0.25) is 0 Å². The van der Waals surface area contributed by atoms with E-state index in [2.05, 4.69) is 169 Å². The molecular weight excluding hydrogens is 681 g/mol. The second-order valence-electron chi connectivity index (χ2n) is 17.9. The van der Waals surface area contributed by atoms with Gasteiger partial charge in [0.1, 0.15) is 0 Å². The van der Waals surface area contributed by atoms with Crippen LogP contribution in [0.2, 0.25) is 0 Å². The van der Waals surface area contributed by atoms with Gasteiger partial charge in [-0.25, -0.2) is 0 Å². The van der Waals surface area contributed by atoms with Crippen LogP contribution in [0.5, 0.6) is 0 Å². The molecule has 0 amide bonds. The molecule has 55 heavy (non-hydrogen) atoms. The van der Waals surface area contributed by atoms with Crippen molar-refractivity contribution in [3.63, 3.8) is 0 Å². The maximum atomic E-state index is 4.10. The third kappa shape index (κ3) is 4.98. The highest BCUT2D eigenvalue weighted by Gasteiger charge is 2.38. The zero-order valence-electron chi connectivity index (χ0n) is 32.7. The summed E-state index contributed by atoms with van der Waals surface area (Å²) in [5.41, 5.74) is 20.8. The van der Waals surface area contributed by atoms with Crippen molar-refractivity contribution in [3.8, 4) is 22.3 Å². The Hall–Kier alpha value is -5.12.